The molecule has 3 aromatic carbocycles. The molecule has 0 saturated carbocycles. The monoisotopic (exact) mass is 764 g/mol. The molecule has 1 aliphatic rings. The first-order chi connectivity index (χ1) is 24.5. The Hall–Kier alpha value is -4.98. The fraction of sp³-hybridized carbons (Fsp3) is 0.0652. The van der Waals surface area contributed by atoms with Gasteiger partial charge in [-0.2, -0.15) is 0 Å². The third-order valence-corrected chi connectivity index (χ3v) is 5.97. The Kier molecular flexibility index (Phi) is 32.6. The van der Waals surface area contributed by atoms with Crippen molar-refractivity contribution in [3.63, 3.8) is 0 Å². The first-order valence-electron chi connectivity index (χ1n) is 15.9. The first kappa shape index (κ1) is 49.1. The number of carbonyl (C=O) groups excluding carboxylic acids is 3. The van der Waals surface area contributed by atoms with Crippen molar-refractivity contribution in [2.75, 3.05) is 6.61 Å². The quantitative estimate of drug-likeness (QED) is 0.0585. The van der Waals surface area contributed by atoms with Crippen molar-refractivity contribution in [3.8, 4) is 0 Å². The summed E-state index contributed by atoms with van der Waals surface area (Å²) in [6.07, 6.45) is 33.8. The SMILES string of the molecule is C=CC(=O)/C=C/C=C/C=C/c1ccccc1.CC(=O)/C=C/C=C/C=C/c1ccccc1.O=C(/C=C/C=C/C=C/c1ccccc1)C1CO1.[Br-].[CH-]=C.[Mg+2]. The topological polar surface area (TPSA) is 63.7 Å². The van der Waals surface area contributed by atoms with Gasteiger partial charge in [0, 0.05) is 0 Å². The molecule has 1 aliphatic heterocycles. The van der Waals surface area contributed by atoms with Crippen LogP contribution in [0.5, 0.6) is 0 Å². The molecule has 1 fully saturated rings. The maximum Gasteiger partial charge on any atom is 2.00 e. The van der Waals surface area contributed by atoms with E-state index in [0.717, 1.165) is 16.7 Å². The van der Waals surface area contributed by atoms with Crippen LogP contribution in [0.15, 0.2) is 201 Å². The van der Waals surface area contributed by atoms with Crippen LogP contribution in [0.25, 0.3) is 18.2 Å². The Balaban J connectivity index is 0. The van der Waals surface area contributed by atoms with Crippen molar-refractivity contribution < 1.29 is 36.1 Å². The van der Waals surface area contributed by atoms with Crippen LogP contribution in [0.4, 0.5) is 0 Å². The maximum atomic E-state index is 11.2. The molecule has 0 N–H and O–H groups in total. The Bertz CT molecular complexity index is 1690. The summed E-state index contributed by atoms with van der Waals surface area (Å²) in [4.78, 5) is 32.6. The summed E-state index contributed by atoms with van der Waals surface area (Å²) < 4.78 is 4.87. The van der Waals surface area contributed by atoms with Gasteiger partial charge in [-0.15, -0.1) is 0 Å². The van der Waals surface area contributed by atoms with Crippen molar-refractivity contribution >= 4 is 58.6 Å². The van der Waals surface area contributed by atoms with Crippen molar-refractivity contribution in [1.82, 2.24) is 0 Å². The molecule has 0 spiro atoms. The van der Waals surface area contributed by atoms with E-state index in [1.54, 1.807) is 30.4 Å². The predicted molar refractivity (Wildman–Crippen MR) is 218 cm³/mol. The molecule has 0 aromatic heterocycles. The average Bonchev–Trinajstić information content (AvgIpc) is 4.01. The second-order valence-corrected chi connectivity index (χ2v) is 9.98. The van der Waals surface area contributed by atoms with Gasteiger partial charge in [0.25, 0.3) is 0 Å². The molecular formula is C46H45BrMgO4. The summed E-state index contributed by atoms with van der Waals surface area (Å²) in [5, 5.41) is 0. The van der Waals surface area contributed by atoms with Gasteiger partial charge in [0.1, 0.15) is 6.10 Å². The van der Waals surface area contributed by atoms with Gasteiger partial charge in [0.15, 0.2) is 17.3 Å². The minimum Gasteiger partial charge on any atom is -1.00 e. The molecule has 52 heavy (non-hydrogen) atoms. The molecular weight excluding hydrogens is 721 g/mol. The van der Waals surface area contributed by atoms with Gasteiger partial charge in [0.2, 0.25) is 0 Å². The van der Waals surface area contributed by atoms with Crippen LogP contribution < -0.4 is 17.0 Å². The van der Waals surface area contributed by atoms with E-state index in [9.17, 15) is 14.4 Å². The number of benzene rings is 3. The molecule has 0 amide bonds. The van der Waals surface area contributed by atoms with E-state index in [1.807, 2.05) is 158 Å². The van der Waals surface area contributed by atoms with Crippen LogP contribution in [-0.4, -0.2) is 53.1 Å². The third kappa shape index (κ3) is 28.8. The third-order valence-electron chi connectivity index (χ3n) is 5.97. The number of hydrogen-bond donors (Lipinski definition) is 0. The normalized spacial score (nSPS) is 13.4. The molecule has 4 rings (SSSR count). The molecule has 3 aromatic rings. The molecule has 4 nitrogen and oxygen atoms in total. The van der Waals surface area contributed by atoms with Crippen molar-refractivity contribution in [3.05, 3.63) is 225 Å². The first-order valence-corrected chi connectivity index (χ1v) is 15.9. The van der Waals surface area contributed by atoms with Gasteiger partial charge in [-0.3, -0.25) is 21.0 Å². The summed E-state index contributed by atoms with van der Waals surface area (Å²) in [5.74, 6) is 0.0186. The van der Waals surface area contributed by atoms with Gasteiger partial charge in [-0.25, -0.2) is 0 Å². The number of hydrogen-bond acceptors (Lipinski definition) is 4. The maximum absolute atomic E-state index is 11.2. The van der Waals surface area contributed by atoms with E-state index in [4.69, 9.17) is 4.74 Å². The fourth-order valence-electron chi connectivity index (χ4n) is 3.46. The van der Waals surface area contributed by atoms with Gasteiger partial charge in [-0.05, 0) is 47.9 Å². The smallest absolute Gasteiger partial charge is 1.00 e. The number of halogens is 1. The molecule has 1 unspecified atom stereocenters. The van der Waals surface area contributed by atoms with E-state index in [1.165, 1.54) is 25.2 Å². The number of ketones is 3. The minimum absolute atomic E-state index is 0. The van der Waals surface area contributed by atoms with Gasteiger partial charge < -0.3 is 28.3 Å². The molecule has 0 aliphatic carbocycles. The Morgan fingerprint density at radius 1 is 0.577 bits per heavy atom. The summed E-state index contributed by atoms with van der Waals surface area (Å²) >= 11 is 0. The van der Waals surface area contributed by atoms with E-state index < -0.39 is 0 Å². The molecule has 6 heteroatoms. The Morgan fingerprint density at radius 3 is 1.23 bits per heavy atom. The summed E-state index contributed by atoms with van der Waals surface area (Å²) in [7, 11) is 0. The van der Waals surface area contributed by atoms with Gasteiger partial charge in [-0.1, -0.05) is 189 Å². The summed E-state index contributed by atoms with van der Waals surface area (Å²) in [6.45, 7) is 12.5. The van der Waals surface area contributed by atoms with E-state index in [0.29, 0.717) is 6.61 Å². The van der Waals surface area contributed by atoms with E-state index in [-0.39, 0.29) is 63.5 Å². The molecule has 1 heterocycles. The number of carbonyl (C=O) groups is 3. The summed E-state index contributed by atoms with van der Waals surface area (Å²) in [6, 6.07) is 30.1. The Labute approximate surface area is 337 Å². The van der Waals surface area contributed by atoms with Gasteiger partial charge >= 0.3 is 23.1 Å². The zero-order valence-electron chi connectivity index (χ0n) is 29.6. The number of ether oxygens (including phenoxy) is 1. The van der Waals surface area contributed by atoms with Crippen LogP contribution in [0.2, 0.25) is 0 Å². The second-order valence-electron chi connectivity index (χ2n) is 9.98. The van der Waals surface area contributed by atoms with Gasteiger partial charge in [0.05, 0.1) is 6.61 Å². The number of epoxide rings is 1. The molecule has 0 bridgehead atoms. The van der Waals surface area contributed by atoms with Crippen molar-refractivity contribution in [2.45, 2.75) is 13.0 Å². The molecule has 1 saturated heterocycles. The van der Waals surface area contributed by atoms with Crippen LogP contribution in [0.3, 0.4) is 0 Å². The summed E-state index contributed by atoms with van der Waals surface area (Å²) in [5.41, 5.74) is 3.47. The van der Waals surface area contributed by atoms with Crippen LogP contribution in [0, 0.1) is 6.58 Å². The Morgan fingerprint density at radius 2 is 0.904 bits per heavy atom. The number of rotatable bonds is 14. The van der Waals surface area contributed by atoms with E-state index >= 15 is 0 Å². The minimum atomic E-state index is -0.181. The van der Waals surface area contributed by atoms with Crippen molar-refractivity contribution in [2.24, 2.45) is 0 Å². The molecule has 1 atom stereocenters. The van der Waals surface area contributed by atoms with E-state index in [2.05, 4.69) is 19.7 Å². The predicted octanol–water partition coefficient (Wildman–Crippen LogP) is 6.98. The zero-order chi connectivity index (χ0) is 36.5. The largest absolute Gasteiger partial charge is 2.00 e. The fourth-order valence-corrected chi connectivity index (χ4v) is 3.46. The van der Waals surface area contributed by atoms with Crippen LogP contribution in [0.1, 0.15) is 23.6 Å². The molecule has 262 valence electrons. The standard InChI is InChI=1S/C15H14O2.C15H14O.C14H14O.C2H3.BrH.Mg/c16-14(15-12-17-15)11-7-2-1-4-8-13-9-5-3-6-10-13;1-2-15(16)13-9-4-3-6-10-14-11-7-5-8-12-14;1-13(15)9-5-2-3-6-10-14-11-7-4-8-12-14;1-2;;/h1-11,15H,12H2;2-13H,1H2;2-12H,1H3;1H,2H2;1H;/q;;;-1;;+2/p-1/b2-1+,8-4+,11-7+;4-3+,10-6+,13-9+;3-2+,9-5+,10-6+;;;. The molecule has 0 radical (unpaired) electrons. The van der Waals surface area contributed by atoms with Crippen LogP contribution in [-0.2, 0) is 19.1 Å². The van der Waals surface area contributed by atoms with Crippen molar-refractivity contribution in [1.29, 1.82) is 0 Å². The van der Waals surface area contributed by atoms with Crippen LogP contribution >= 0.6 is 0 Å². The average molecular weight is 766 g/mol. The zero-order valence-corrected chi connectivity index (χ0v) is 32.6. The second kappa shape index (κ2) is 34.5. The number of allylic oxidation sites excluding steroid dienone is 15.